The first kappa shape index (κ1) is 27.3. The Bertz CT molecular complexity index is 528. The molecular weight excluding hydrogens is 403 g/mol. The van der Waals surface area contributed by atoms with Gasteiger partial charge in [-0.3, -0.25) is 18.4 Å². The smallest absolute Gasteiger partial charge is 0.337 e. The first-order valence-electron chi connectivity index (χ1n) is 9.45. The molecule has 0 rings (SSSR count). The Morgan fingerprint density at radius 3 is 1.72 bits per heavy atom. The number of carbonyl (C=O) groups excluding carboxylic acids is 1. The minimum Gasteiger partial charge on any atom is -0.469 e. The number of hydrogen-bond acceptors (Lipinski definition) is 9. The molecule has 0 aliphatic carbocycles. The quantitative estimate of drug-likeness (QED) is 0.140. The molecule has 0 aliphatic heterocycles. The maximum Gasteiger partial charge on any atom is 0.337 e. The predicted octanol–water partition coefficient (Wildman–Crippen LogP) is 4.54. The van der Waals surface area contributed by atoms with Crippen molar-refractivity contribution in [2.24, 2.45) is 5.92 Å². The standard InChI is InChI=1S/C19H35O9P/c1-9-10-18(19(20)22-8)11-29(21,25-12-23-16(6)27-14(2)3)26-13-24-17(7)28-15(4)5/h14-15,18H,6-7,9-13H2,1-5,8H3. The second kappa shape index (κ2) is 14.3. The third-order valence-electron chi connectivity index (χ3n) is 3.29. The monoisotopic (exact) mass is 438 g/mol. The lowest BCUT2D eigenvalue weighted by atomic mass is 10.1. The summed E-state index contributed by atoms with van der Waals surface area (Å²) in [6.45, 7) is 15.4. The van der Waals surface area contributed by atoms with Crippen molar-refractivity contribution in [2.45, 2.75) is 59.7 Å². The fourth-order valence-corrected chi connectivity index (χ4v) is 3.73. The van der Waals surface area contributed by atoms with Crippen molar-refractivity contribution in [3.05, 3.63) is 25.0 Å². The molecule has 9 nitrogen and oxygen atoms in total. The minimum atomic E-state index is -3.80. The van der Waals surface area contributed by atoms with E-state index in [4.69, 9.17) is 32.7 Å². The minimum absolute atomic E-state index is 0.0135. The third-order valence-corrected chi connectivity index (χ3v) is 5.17. The van der Waals surface area contributed by atoms with Gasteiger partial charge in [0, 0.05) is 0 Å². The van der Waals surface area contributed by atoms with Crippen LogP contribution in [0.1, 0.15) is 47.5 Å². The van der Waals surface area contributed by atoms with E-state index in [0.29, 0.717) is 12.8 Å². The molecule has 10 heteroatoms. The number of esters is 1. The van der Waals surface area contributed by atoms with Gasteiger partial charge in [0.05, 0.1) is 31.4 Å². The molecule has 0 spiro atoms. The van der Waals surface area contributed by atoms with Gasteiger partial charge < -0.3 is 23.7 Å². The van der Waals surface area contributed by atoms with Gasteiger partial charge in [-0.1, -0.05) is 13.3 Å². The van der Waals surface area contributed by atoms with Crippen LogP contribution in [-0.4, -0.2) is 45.0 Å². The molecule has 0 saturated heterocycles. The van der Waals surface area contributed by atoms with Crippen LogP contribution in [0.15, 0.2) is 25.0 Å². The molecular formula is C19H35O9P. The number of ether oxygens (including phenoxy) is 5. The lowest BCUT2D eigenvalue weighted by Gasteiger charge is -2.23. The molecule has 1 unspecified atom stereocenters. The summed E-state index contributed by atoms with van der Waals surface area (Å²) in [6.07, 6.45) is 0.663. The molecule has 0 N–H and O–H groups in total. The van der Waals surface area contributed by atoms with E-state index in [-0.39, 0.29) is 30.3 Å². The van der Waals surface area contributed by atoms with Gasteiger partial charge >= 0.3 is 13.6 Å². The van der Waals surface area contributed by atoms with E-state index in [1.54, 1.807) is 27.7 Å². The van der Waals surface area contributed by atoms with E-state index in [1.807, 2.05) is 6.92 Å². The fourth-order valence-electron chi connectivity index (χ4n) is 2.15. The lowest BCUT2D eigenvalue weighted by molar-refractivity contribution is -0.145. The molecule has 0 bridgehead atoms. The van der Waals surface area contributed by atoms with Crippen molar-refractivity contribution in [3.8, 4) is 0 Å². The highest BCUT2D eigenvalue weighted by atomic mass is 31.2. The molecule has 0 amide bonds. The molecule has 0 aromatic carbocycles. The van der Waals surface area contributed by atoms with Crippen LogP contribution < -0.4 is 0 Å². The highest BCUT2D eigenvalue weighted by Crippen LogP contribution is 2.50. The van der Waals surface area contributed by atoms with E-state index in [9.17, 15) is 9.36 Å². The SMILES string of the molecule is C=C(OCOP(=O)(CC(CCC)C(=O)OC)OCOC(=C)OC(C)C)OC(C)C. The van der Waals surface area contributed by atoms with Crippen molar-refractivity contribution in [3.63, 3.8) is 0 Å². The van der Waals surface area contributed by atoms with Crippen LogP contribution in [0.2, 0.25) is 0 Å². The first-order valence-corrected chi connectivity index (χ1v) is 11.2. The Labute approximate surface area is 173 Å². The Kier molecular flexibility index (Phi) is 13.5. The summed E-state index contributed by atoms with van der Waals surface area (Å²) in [5.74, 6) is -1.14. The van der Waals surface area contributed by atoms with Gasteiger partial charge in [0.1, 0.15) is 0 Å². The van der Waals surface area contributed by atoms with Gasteiger partial charge in [-0.15, -0.1) is 0 Å². The summed E-state index contributed by atoms with van der Waals surface area (Å²) < 4.78 is 49.4. The van der Waals surface area contributed by atoms with Crippen molar-refractivity contribution >= 4 is 13.6 Å². The van der Waals surface area contributed by atoms with E-state index < -0.39 is 33.1 Å². The Hall–Kier alpha value is -1.70. The highest BCUT2D eigenvalue weighted by molar-refractivity contribution is 7.53. The van der Waals surface area contributed by atoms with Crippen molar-refractivity contribution in [1.29, 1.82) is 0 Å². The summed E-state index contributed by atoms with van der Waals surface area (Å²) in [5.41, 5.74) is 0. The average molecular weight is 438 g/mol. The highest BCUT2D eigenvalue weighted by Gasteiger charge is 2.34. The van der Waals surface area contributed by atoms with Crippen molar-refractivity contribution in [2.75, 3.05) is 26.9 Å². The third kappa shape index (κ3) is 13.2. The molecule has 0 aromatic heterocycles. The van der Waals surface area contributed by atoms with E-state index in [2.05, 4.69) is 13.2 Å². The number of rotatable bonds is 17. The summed E-state index contributed by atoms with van der Waals surface area (Å²) in [4.78, 5) is 12.0. The molecule has 0 fully saturated rings. The molecule has 0 heterocycles. The number of carbonyl (C=O) groups is 1. The second-order valence-corrected chi connectivity index (χ2v) is 8.77. The predicted molar refractivity (Wildman–Crippen MR) is 108 cm³/mol. The van der Waals surface area contributed by atoms with Crippen LogP contribution in [0.3, 0.4) is 0 Å². The van der Waals surface area contributed by atoms with Crippen molar-refractivity contribution < 1.29 is 42.1 Å². The fraction of sp³-hybridized carbons (Fsp3) is 0.737. The van der Waals surface area contributed by atoms with Gasteiger partial charge in [0.2, 0.25) is 13.6 Å². The molecule has 0 radical (unpaired) electrons. The first-order chi connectivity index (χ1) is 13.5. The molecule has 0 saturated carbocycles. The van der Waals surface area contributed by atoms with Gasteiger partial charge in [-0.05, 0) is 47.3 Å². The second-order valence-electron chi connectivity index (χ2n) is 6.66. The van der Waals surface area contributed by atoms with Crippen LogP contribution in [0, 0.1) is 5.92 Å². The van der Waals surface area contributed by atoms with Crippen LogP contribution in [-0.2, 0) is 42.1 Å². The summed E-state index contributed by atoms with van der Waals surface area (Å²) in [7, 11) is -2.53. The van der Waals surface area contributed by atoms with Crippen LogP contribution in [0.25, 0.3) is 0 Å². The Morgan fingerprint density at radius 1 is 0.931 bits per heavy atom. The van der Waals surface area contributed by atoms with Crippen LogP contribution in [0.4, 0.5) is 0 Å². The molecule has 29 heavy (non-hydrogen) atoms. The molecule has 0 aromatic rings. The Morgan fingerprint density at radius 2 is 1.38 bits per heavy atom. The zero-order chi connectivity index (χ0) is 22.4. The van der Waals surface area contributed by atoms with E-state index in [0.717, 1.165) is 0 Å². The number of methoxy groups -OCH3 is 1. The zero-order valence-electron chi connectivity index (χ0n) is 18.3. The topological polar surface area (TPSA) is 98.8 Å². The Balaban J connectivity index is 4.99. The number of hydrogen-bond donors (Lipinski definition) is 0. The zero-order valence-corrected chi connectivity index (χ0v) is 19.2. The van der Waals surface area contributed by atoms with Crippen molar-refractivity contribution in [1.82, 2.24) is 0 Å². The van der Waals surface area contributed by atoms with Crippen LogP contribution in [0.5, 0.6) is 0 Å². The maximum atomic E-state index is 13.2. The van der Waals surface area contributed by atoms with Gasteiger partial charge in [-0.25, -0.2) is 0 Å². The summed E-state index contributed by atoms with van der Waals surface area (Å²) in [5, 5.41) is 0. The summed E-state index contributed by atoms with van der Waals surface area (Å²) >= 11 is 0. The van der Waals surface area contributed by atoms with Gasteiger partial charge in [0.15, 0.2) is 0 Å². The largest absolute Gasteiger partial charge is 0.469 e. The normalized spacial score (nSPS) is 12.4. The van der Waals surface area contributed by atoms with Gasteiger partial charge in [0.25, 0.3) is 11.9 Å². The van der Waals surface area contributed by atoms with E-state index >= 15 is 0 Å². The maximum absolute atomic E-state index is 13.2. The summed E-state index contributed by atoms with van der Waals surface area (Å²) in [6, 6.07) is 0. The average Bonchev–Trinajstić information content (AvgIpc) is 2.59. The van der Waals surface area contributed by atoms with Crippen LogP contribution >= 0.6 is 7.60 Å². The molecule has 1 atom stereocenters. The molecule has 0 aliphatic rings. The molecule has 170 valence electrons. The van der Waals surface area contributed by atoms with E-state index in [1.165, 1.54) is 7.11 Å². The lowest BCUT2D eigenvalue weighted by Crippen LogP contribution is -2.22. The van der Waals surface area contributed by atoms with Gasteiger partial charge in [-0.2, -0.15) is 0 Å².